The second-order valence-corrected chi connectivity index (χ2v) is 7.33. The number of carbonyl (C=O) groups excluding carboxylic acids is 1. The Hall–Kier alpha value is -2.12. The van der Waals surface area contributed by atoms with Crippen molar-refractivity contribution in [2.24, 2.45) is 5.92 Å². The number of nitrogens with zero attached hydrogens (tertiary/aromatic N) is 2. The molecule has 1 saturated carbocycles. The third kappa shape index (κ3) is 5.20. The molecule has 0 bridgehead atoms. The normalized spacial score (nSPS) is 14.9. The zero-order valence-electron chi connectivity index (χ0n) is 14.8. The summed E-state index contributed by atoms with van der Waals surface area (Å²) < 4.78 is 13.8. The Labute approximate surface area is 166 Å². The highest BCUT2D eigenvalue weighted by Crippen LogP contribution is 2.44. The largest absolute Gasteiger partial charge is 0.362 e. The van der Waals surface area contributed by atoms with Crippen LogP contribution in [0, 0.1) is 11.7 Å². The van der Waals surface area contributed by atoms with E-state index < -0.39 is 5.82 Å². The summed E-state index contributed by atoms with van der Waals surface area (Å²) in [5.74, 6) is 0.172. The summed E-state index contributed by atoms with van der Waals surface area (Å²) in [6.07, 6.45) is 8.82. The number of carbonyl (C=O) groups is 1. The van der Waals surface area contributed by atoms with Crippen molar-refractivity contribution < 1.29 is 9.18 Å². The molecule has 1 amide bonds. The summed E-state index contributed by atoms with van der Waals surface area (Å²) in [4.78, 5) is 20.5. The molecule has 1 aromatic heterocycles. The van der Waals surface area contributed by atoms with E-state index in [1.165, 1.54) is 18.5 Å². The summed E-state index contributed by atoms with van der Waals surface area (Å²) in [6, 6.07) is 4.67. The van der Waals surface area contributed by atoms with E-state index in [4.69, 9.17) is 11.6 Å². The molecule has 1 aromatic carbocycles. The Morgan fingerprint density at radius 1 is 1.41 bits per heavy atom. The zero-order chi connectivity index (χ0) is 19.2. The van der Waals surface area contributed by atoms with Gasteiger partial charge in [0.05, 0.1) is 23.5 Å². The first-order valence-corrected chi connectivity index (χ1v) is 10.2. The number of halogens is 2. The van der Waals surface area contributed by atoms with Crippen LogP contribution in [0.4, 0.5) is 10.2 Å². The first-order valence-electron chi connectivity index (χ1n) is 8.58. The van der Waals surface area contributed by atoms with Gasteiger partial charge in [-0.1, -0.05) is 29.8 Å². The molecule has 1 fully saturated rings. The molecule has 8 heteroatoms. The van der Waals surface area contributed by atoms with E-state index in [0.29, 0.717) is 23.8 Å². The van der Waals surface area contributed by atoms with Gasteiger partial charge in [0.1, 0.15) is 17.3 Å². The molecule has 1 aliphatic carbocycles. The maximum atomic E-state index is 13.8. The van der Waals surface area contributed by atoms with Crippen LogP contribution in [0.15, 0.2) is 42.1 Å². The number of hydrogen-bond donors (Lipinski definition) is 2. The molecule has 0 aliphatic heterocycles. The van der Waals surface area contributed by atoms with Gasteiger partial charge in [-0.15, -0.1) is 11.8 Å². The number of anilines is 1. The van der Waals surface area contributed by atoms with Gasteiger partial charge in [0, 0.05) is 6.54 Å². The Kier molecular flexibility index (Phi) is 6.68. The summed E-state index contributed by atoms with van der Waals surface area (Å²) in [5.41, 5.74) is 0.952. The highest BCUT2D eigenvalue weighted by atomic mass is 35.5. The van der Waals surface area contributed by atoms with E-state index in [2.05, 4.69) is 20.6 Å². The van der Waals surface area contributed by atoms with Crippen LogP contribution in [0.25, 0.3) is 0 Å². The molecule has 1 unspecified atom stereocenters. The minimum Gasteiger partial charge on any atom is -0.362 e. The highest BCUT2D eigenvalue weighted by molar-refractivity contribution is 8.01. The van der Waals surface area contributed by atoms with Crippen LogP contribution in [0.1, 0.15) is 34.9 Å². The summed E-state index contributed by atoms with van der Waals surface area (Å²) in [6.45, 7) is 0.434. The lowest BCUT2D eigenvalue weighted by molar-refractivity contribution is 0.0952. The molecular weight excluding hydrogens is 387 g/mol. The number of aromatic nitrogens is 2. The lowest BCUT2D eigenvalue weighted by Gasteiger charge is -2.20. The molecule has 5 nitrogen and oxygen atoms in total. The first-order chi connectivity index (χ1) is 13.1. The molecule has 142 valence electrons. The van der Waals surface area contributed by atoms with Crippen LogP contribution in [-0.4, -0.2) is 28.7 Å². The van der Waals surface area contributed by atoms with Crippen molar-refractivity contribution in [2.45, 2.75) is 18.9 Å². The van der Waals surface area contributed by atoms with Gasteiger partial charge in [-0.3, -0.25) is 4.79 Å². The van der Waals surface area contributed by atoms with E-state index in [0.717, 1.165) is 12.8 Å². The minimum absolute atomic E-state index is 0.129. The molecule has 0 saturated heterocycles. The van der Waals surface area contributed by atoms with Gasteiger partial charge in [0.15, 0.2) is 0 Å². The fraction of sp³-hybridized carbons (Fsp3) is 0.316. The third-order valence-corrected chi connectivity index (χ3v) is 5.07. The van der Waals surface area contributed by atoms with Gasteiger partial charge >= 0.3 is 0 Å². The number of amides is 1. The summed E-state index contributed by atoms with van der Waals surface area (Å²) >= 11 is 7.72. The fourth-order valence-electron chi connectivity index (χ4n) is 2.71. The Balaban J connectivity index is 1.68. The number of thioether (sulfide) groups is 1. The molecule has 2 N–H and O–H groups in total. The minimum atomic E-state index is -0.435. The van der Waals surface area contributed by atoms with E-state index in [1.807, 2.05) is 23.8 Å². The number of rotatable bonds is 8. The molecule has 3 rings (SSSR count). The maximum absolute atomic E-state index is 13.8. The highest BCUT2D eigenvalue weighted by Gasteiger charge is 2.34. The Morgan fingerprint density at radius 3 is 2.89 bits per heavy atom. The number of nitrogens with one attached hydrogen (secondary N) is 2. The third-order valence-electron chi connectivity index (χ3n) is 4.21. The van der Waals surface area contributed by atoms with Crippen molar-refractivity contribution in [1.82, 2.24) is 15.3 Å². The zero-order valence-corrected chi connectivity index (χ0v) is 16.4. The average molecular weight is 407 g/mol. The number of hydrogen-bond acceptors (Lipinski definition) is 5. The van der Waals surface area contributed by atoms with Crippen LogP contribution in [0.5, 0.6) is 0 Å². The van der Waals surface area contributed by atoms with E-state index in [1.54, 1.807) is 17.8 Å². The van der Waals surface area contributed by atoms with Crippen molar-refractivity contribution in [1.29, 1.82) is 0 Å². The second-order valence-electron chi connectivity index (χ2n) is 6.21. The lowest BCUT2D eigenvalue weighted by Crippen LogP contribution is -2.24. The van der Waals surface area contributed by atoms with Gasteiger partial charge in [-0.2, -0.15) is 0 Å². The van der Waals surface area contributed by atoms with Gasteiger partial charge in [0.25, 0.3) is 5.91 Å². The predicted octanol–water partition coefficient (Wildman–Crippen LogP) is 4.44. The average Bonchev–Trinajstić information content (AvgIpc) is 3.51. The standard InChI is InChI=1S/C19H20ClFN4OS/c1-27-9-3-8-22-19(26)15-10-24-16(11-23-15)25-18(12-6-7-12)13-4-2-5-14(21)17(13)20/h2-5,9-12,18H,6-8H2,1H3,(H,22,26)(H,24,25)/b9-3+. The predicted molar refractivity (Wildman–Crippen MR) is 108 cm³/mol. The Bertz CT molecular complexity index is 827. The van der Waals surface area contributed by atoms with Gasteiger partial charge in [0.2, 0.25) is 0 Å². The van der Waals surface area contributed by atoms with E-state index in [9.17, 15) is 9.18 Å². The van der Waals surface area contributed by atoms with Crippen LogP contribution >= 0.6 is 23.4 Å². The van der Waals surface area contributed by atoms with Crippen LogP contribution in [0.2, 0.25) is 5.02 Å². The summed E-state index contributed by atoms with van der Waals surface area (Å²) in [5, 5.41) is 8.05. The molecule has 1 atom stereocenters. The molecule has 0 spiro atoms. The van der Waals surface area contributed by atoms with Crippen LogP contribution < -0.4 is 10.6 Å². The van der Waals surface area contributed by atoms with Crippen molar-refractivity contribution in [3.8, 4) is 0 Å². The van der Waals surface area contributed by atoms with E-state index >= 15 is 0 Å². The Morgan fingerprint density at radius 2 is 2.22 bits per heavy atom. The van der Waals surface area contributed by atoms with Gasteiger partial charge in [-0.25, -0.2) is 14.4 Å². The van der Waals surface area contributed by atoms with Crippen molar-refractivity contribution in [3.05, 3.63) is 64.2 Å². The fourth-order valence-corrected chi connectivity index (χ4v) is 3.24. The number of benzene rings is 1. The van der Waals surface area contributed by atoms with Crippen LogP contribution in [-0.2, 0) is 0 Å². The maximum Gasteiger partial charge on any atom is 0.271 e. The van der Waals surface area contributed by atoms with Gasteiger partial charge in [-0.05, 0) is 42.1 Å². The second kappa shape index (κ2) is 9.19. The quantitative estimate of drug-likeness (QED) is 0.678. The smallest absolute Gasteiger partial charge is 0.271 e. The molecule has 1 aliphatic rings. The monoisotopic (exact) mass is 406 g/mol. The lowest BCUT2D eigenvalue weighted by atomic mass is 10.0. The van der Waals surface area contributed by atoms with Crippen molar-refractivity contribution in [3.63, 3.8) is 0 Å². The van der Waals surface area contributed by atoms with E-state index in [-0.39, 0.29) is 22.7 Å². The van der Waals surface area contributed by atoms with Gasteiger partial charge < -0.3 is 10.6 Å². The van der Waals surface area contributed by atoms with Crippen LogP contribution in [0.3, 0.4) is 0 Å². The molecule has 0 radical (unpaired) electrons. The molecule has 27 heavy (non-hydrogen) atoms. The topological polar surface area (TPSA) is 66.9 Å². The molecule has 2 aromatic rings. The molecular formula is C19H20ClFN4OS. The molecule has 1 heterocycles. The summed E-state index contributed by atoms with van der Waals surface area (Å²) in [7, 11) is 0. The SMILES string of the molecule is CS/C=C/CNC(=O)c1cnc(NC(c2cccc(F)c2Cl)C2CC2)cn1. The van der Waals surface area contributed by atoms with Crippen molar-refractivity contribution in [2.75, 3.05) is 18.1 Å². The first kappa shape index (κ1) is 19.6. The van der Waals surface area contributed by atoms with Crippen molar-refractivity contribution >= 4 is 35.1 Å².